The maximum Gasteiger partial charge on any atom is 0.270 e. The summed E-state index contributed by atoms with van der Waals surface area (Å²) in [7, 11) is 1.58. The van der Waals surface area contributed by atoms with E-state index in [4.69, 9.17) is 4.74 Å². The molecular weight excluding hydrogens is 284 g/mol. The van der Waals surface area contributed by atoms with Gasteiger partial charge in [0.05, 0.1) is 29.0 Å². The number of benzene rings is 2. The van der Waals surface area contributed by atoms with E-state index in [1.807, 2.05) is 12.1 Å². The van der Waals surface area contributed by atoms with Crippen LogP contribution in [-0.4, -0.2) is 17.8 Å². The van der Waals surface area contributed by atoms with Gasteiger partial charge in [0.1, 0.15) is 5.75 Å². The van der Waals surface area contributed by atoms with Crippen LogP contribution in [0.4, 0.5) is 11.4 Å². The van der Waals surface area contributed by atoms with Crippen molar-refractivity contribution in [2.24, 2.45) is 0 Å². The molecule has 0 aliphatic carbocycles. The number of Topliss-reactive ketones (excluding diaryl/α,β-unsaturated/α-hetero) is 1. The molecule has 6 nitrogen and oxygen atoms in total. The van der Waals surface area contributed by atoms with Crippen molar-refractivity contribution < 1.29 is 14.5 Å². The first kappa shape index (κ1) is 13.8. The van der Waals surface area contributed by atoms with E-state index in [2.05, 4.69) is 5.32 Å². The number of rotatable bonds is 3. The van der Waals surface area contributed by atoms with E-state index in [1.54, 1.807) is 31.4 Å². The quantitative estimate of drug-likeness (QED) is 0.534. The van der Waals surface area contributed by atoms with Gasteiger partial charge in [-0.15, -0.1) is 0 Å². The second-order valence-electron chi connectivity index (χ2n) is 4.77. The number of non-ortho nitro benzene ring substituents is 1. The van der Waals surface area contributed by atoms with Gasteiger partial charge in [0.15, 0.2) is 0 Å². The molecular formula is C16H12N2O4. The zero-order chi connectivity index (χ0) is 15.7. The van der Waals surface area contributed by atoms with Crippen LogP contribution in [0.3, 0.4) is 0 Å². The zero-order valence-electron chi connectivity index (χ0n) is 11.7. The number of nitrogens with zero attached hydrogens (tertiary/aromatic N) is 1. The number of ether oxygens (including phenoxy) is 1. The standard InChI is InChI=1S/C16H12N2O4/c1-22-12-5-2-10(3-6-12)8-15-16(19)13-9-11(18(20)21)4-7-14(13)17-15/h2-9,17H,1H3. The van der Waals surface area contributed by atoms with Crippen LogP contribution in [0.5, 0.6) is 5.75 Å². The first-order valence-corrected chi connectivity index (χ1v) is 6.54. The smallest absolute Gasteiger partial charge is 0.270 e. The zero-order valence-corrected chi connectivity index (χ0v) is 11.7. The monoisotopic (exact) mass is 296 g/mol. The number of nitro groups is 1. The van der Waals surface area contributed by atoms with Gasteiger partial charge in [-0.25, -0.2) is 0 Å². The Balaban J connectivity index is 1.92. The molecule has 0 spiro atoms. The molecule has 0 radical (unpaired) electrons. The fraction of sp³-hybridized carbons (Fsp3) is 0.0625. The van der Waals surface area contributed by atoms with Crippen molar-refractivity contribution in [1.29, 1.82) is 0 Å². The van der Waals surface area contributed by atoms with Gasteiger partial charge in [-0.1, -0.05) is 12.1 Å². The van der Waals surface area contributed by atoms with Crippen LogP contribution in [0.25, 0.3) is 6.08 Å². The van der Waals surface area contributed by atoms with Crippen LogP contribution < -0.4 is 10.1 Å². The van der Waals surface area contributed by atoms with Gasteiger partial charge in [0.25, 0.3) is 5.69 Å². The maximum atomic E-state index is 12.3. The molecule has 0 unspecified atom stereocenters. The summed E-state index contributed by atoms with van der Waals surface area (Å²) in [5, 5.41) is 13.8. The third-order valence-corrected chi connectivity index (χ3v) is 3.40. The van der Waals surface area contributed by atoms with Crippen LogP contribution >= 0.6 is 0 Å². The summed E-state index contributed by atoms with van der Waals surface area (Å²) in [6, 6.07) is 11.4. The lowest BCUT2D eigenvalue weighted by Gasteiger charge is -2.01. The Hall–Kier alpha value is -3.15. The van der Waals surface area contributed by atoms with Gasteiger partial charge in [-0.05, 0) is 29.8 Å². The fourth-order valence-corrected chi connectivity index (χ4v) is 2.26. The number of carbonyl (C=O) groups is 1. The van der Waals surface area contributed by atoms with Gasteiger partial charge in [0.2, 0.25) is 5.78 Å². The number of anilines is 1. The molecule has 0 saturated carbocycles. The number of nitrogens with one attached hydrogen (secondary N) is 1. The lowest BCUT2D eigenvalue weighted by molar-refractivity contribution is -0.384. The number of hydrogen-bond acceptors (Lipinski definition) is 5. The Kier molecular flexibility index (Phi) is 3.34. The molecule has 0 aromatic heterocycles. The highest BCUT2D eigenvalue weighted by Gasteiger charge is 2.26. The molecule has 2 aromatic carbocycles. The third-order valence-electron chi connectivity index (χ3n) is 3.40. The van der Waals surface area contributed by atoms with E-state index >= 15 is 0 Å². The first-order valence-electron chi connectivity index (χ1n) is 6.54. The number of nitro benzene ring substituents is 1. The summed E-state index contributed by atoms with van der Waals surface area (Å²) in [6.45, 7) is 0. The van der Waals surface area contributed by atoms with E-state index in [0.29, 0.717) is 16.9 Å². The molecule has 2 aromatic rings. The SMILES string of the molecule is COc1ccc(C=C2Nc3ccc([N+](=O)[O-])cc3C2=O)cc1. The lowest BCUT2D eigenvalue weighted by Crippen LogP contribution is -1.99. The maximum absolute atomic E-state index is 12.3. The predicted molar refractivity (Wildman–Crippen MR) is 82.0 cm³/mol. The highest BCUT2D eigenvalue weighted by atomic mass is 16.6. The molecule has 0 bridgehead atoms. The Morgan fingerprint density at radius 1 is 1.18 bits per heavy atom. The minimum Gasteiger partial charge on any atom is -0.497 e. The topological polar surface area (TPSA) is 81.5 Å². The minimum absolute atomic E-state index is 0.0976. The number of carbonyl (C=O) groups excluding carboxylic acids is 1. The number of allylic oxidation sites excluding steroid dienone is 1. The second kappa shape index (κ2) is 5.33. The van der Waals surface area contributed by atoms with Gasteiger partial charge in [-0.2, -0.15) is 0 Å². The Bertz CT molecular complexity index is 794. The molecule has 1 aliphatic rings. The van der Waals surface area contributed by atoms with Gasteiger partial charge in [-0.3, -0.25) is 14.9 Å². The largest absolute Gasteiger partial charge is 0.497 e. The Labute approximate surface area is 126 Å². The summed E-state index contributed by atoms with van der Waals surface area (Å²) >= 11 is 0. The van der Waals surface area contributed by atoms with Crippen molar-refractivity contribution in [1.82, 2.24) is 0 Å². The number of ketones is 1. The molecule has 110 valence electrons. The summed E-state index contributed by atoms with van der Waals surface area (Å²) in [5.41, 5.74) is 2.02. The highest BCUT2D eigenvalue weighted by Crippen LogP contribution is 2.32. The minimum atomic E-state index is -0.515. The molecule has 0 fully saturated rings. The molecule has 22 heavy (non-hydrogen) atoms. The van der Waals surface area contributed by atoms with Crippen molar-refractivity contribution in [2.75, 3.05) is 12.4 Å². The van der Waals surface area contributed by atoms with Crippen molar-refractivity contribution in [3.8, 4) is 5.75 Å². The van der Waals surface area contributed by atoms with Gasteiger partial charge < -0.3 is 10.1 Å². The molecule has 1 N–H and O–H groups in total. The molecule has 1 aliphatic heterocycles. The Morgan fingerprint density at radius 3 is 2.55 bits per heavy atom. The summed E-state index contributed by atoms with van der Waals surface area (Å²) in [5.74, 6) is 0.473. The first-order chi connectivity index (χ1) is 10.6. The summed E-state index contributed by atoms with van der Waals surface area (Å²) < 4.78 is 5.08. The number of methoxy groups -OCH3 is 1. The molecule has 3 rings (SSSR count). The molecule has 0 atom stereocenters. The van der Waals surface area contributed by atoms with Crippen molar-refractivity contribution in [2.45, 2.75) is 0 Å². The van der Waals surface area contributed by atoms with Gasteiger partial charge in [0, 0.05) is 12.1 Å². The van der Waals surface area contributed by atoms with Crippen LogP contribution in [0.2, 0.25) is 0 Å². The average Bonchev–Trinajstić information content (AvgIpc) is 2.84. The van der Waals surface area contributed by atoms with E-state index in [0.717, 1.165) is 11.3 Å². The average molecular weight is 296 g/mol. The summed E-state index contributed by atoms with van der Waals surface area (Å²) in [6.07, 6.45) is 1.70. The number of hydrogen-bond donors (Lipinski definition) is 1. The van der Waals surface area contributed by atoms with Crippen LogP contribution in [-0.2, 0) is 0 Å². The predicted octanol–water partition coefficient (Wildman–Crippen LogP) is 3.25. The van der Waals surface area contributed by atoms with Crippen molar-refractivity contribution in [3.05, 3.63) is 69.4 Å². The normalized spacial score (nSPS) is 14.6. The molecule has 6 heteroatoms. The van der Waals surface area contributed by atoms with Crippen molar-refractivity contribution in [3.63, 3.8) is 0 Å². The summed E-state index contributed by atoms with van der Waals surface area (Å²) in [4.78, 5) is 22.6. The van der Waals surface area contributed by atoms with Crippen LogP contribution in [0, 0.1) is 10.1 Å². The molecule has 1 heterocycles. The van der Waals surface area contributed by atoms with E-state index < -0.39 is 4.92 Å². The van der Waals surface area contributed by atoms with Crippen LogP contribution in [0.1, 0.15) is 15.9 Å². The molecule has 0 amide bonds. The molecule has 0 saturated heterocycles. The third kappa shape index (κ3) is 2.42. The van der Waals surface area contributed by atoms with E-state index in [9.17, 15) is 14.9 Å². The van der Waals surface area contributed by atoms with E-state index in [1.165, 1.54) is 12.1 Å². The second-order valence-corrected chi connectivity index (χ2v) is 4.77. The van der Waals surface area contributed by atoms with Crippen molar-refractivity contribution >= 4 is 23.2 Å². The Morgan fingerprint density at radius 2 is 1.91 bits per heavy atom. The lowest BCUT2D eigenvalue weighted by atomic mass is 10.1. The van der Waals surface area contributed by atoms with Crippen LogP contribution in [0.15, 0.2) is 48.2 Å². The highest BCUT2D eigenvalue weighted by molar-refractivity contribution is 6.20. The van der Waals surface area contributed by atoms with E-state index in [-0.39, 0.29) is 11.5 Å². The number of fused-ring (bicyclic) bond motifs is 1. The van der Waals surface area contributed by atoms with Gasteiger partial charge >= 0.3 is 0 Å². The fourth-order valence-electron chi connectivity index (χ4n) is 2.26.